The number of halogens is 2. The predicted octanol–water partition coefficient (Wildman–Crippen LogP) is 7.41. The molecular formula is C34H33ClFN3O3S. The minimum Gasteiger partial charge on any atom is -0.384 e. The molecule has 43 heavy (non-hydrogen) atoms. The maximum Gasteiger partial charge on any atom is 0.197 e. The number of nitrogens with zero attached hydrogens (tertiary/aromatic N) is 2. The maximum absolute atomic E-state index is 13.9. The van der Waals surface area contributed by atoms with Gasteiger partial charge >= 0.3 is 0 Å². The first-order valence-electron chi connectivity index (χ1n) is 14.0. The van der Waals surface area contributed by atoms with Crippen LogP contribution in [-0.4, -0.2) is 55.8 Å². The summed E-state index contributed by atoms with van der Waals surface area (Å²) in [7, 11) is -1.93. The molecule has 0 unspecified atom stereocenters. The number of aromatic nitrogens is 2. The van der Waals surface area contributed by atoms with Gasteiger partial charge in [-0.15, -0.1) is 6.58 Å². The molecule has 2 aromatic carbocycles. The lowest BCUT2D eigenvalue weighted by Crippen LogP contribution is -2.32. The molecule has 0 saturated heterocycles. The lowest BCUT2D eigenvalue weighted by atomic mass is 9.92. The fourth-order valence-corrected chi connectivity index (χ4v) is 6.79. The zero-order valence-corrected chi connectivity index (χ0v) is 25.5. The van der Waals surface area contributed by atoms with Gasteiger partial charge in [0.05, 0.1) is 23.1 Å². The van der Waals surface area contributed by atoms with Crippen molar-refractivity contribution < 1.29 is 17.5 Å². The minimum absolute atomic E-state index is 0.0477. The highest BCUT2D eigenvalue weighted by molar-refractivity contribution is 7.95. The Kier molecular flexibility index (Phi) is 9.60. The van der Waals surface area contributed by atoms with Crippen LogP contribution >= 0.6 is 11.6 Å². The fraction of sp³-hybridized carbons (Fsp3) is 0.206. The molecule has 0 fully saturated rings. The molecule has 1 aliphatic rings. The molecule has 0 bridgehead atoms. The van der Waals surface area contributed by atoms with E-state index in [4.69, 9.17) is 16.3 Å². The molecule has 0 amide bonds. The first-order valence-corrected chi connectivity index (χ1v) is 16.0. The maximum atomic E-state index is 13.9. The molecule has 0 spiro atoms. The van der Waals surface area contributed by atoms with Crippen molar-refractivity contribution >= 4 is 33.1 Å². The van der Waals surface area contributed by atoms with E-state index in [0.29, 0.717) is 26.1 Å². The van der Waals surface area contributed by atoms with Gasteiger partial charge in [-0.05, 0) is 71.5 Å². The van der Waals surface area contributed by atoms with Crippen molar-refractivity contribution in [3.63, 3.8) is 0 Å². The van der Waals surface area contributed by atoms with Gasteiger partial charge in [-0.2, -0.15) is 0 Å². The summed E-state index contributed by atoms with van der Waals surface area (Å²) in [5, 5.41) is 0.323. The number of hydrogen-bond acceptors (Lipinski definition) is 5. The normalized spacial score (nSPS) is 14.1. The van der Waals surface area contributed by atoms with E-state index in [-0.39, 0.29) is 15.8 Å². The number of H-pyrrole nitrogens is 1. The first-order chi connectivity index (χ1) is 20.8. The van der Waals surface area contributed by atoms with Crippen LogP contribution in [0.15, 0.2) is 96.9 Å². The summed E-state index contributed by atoms with van der Waals surface area (Å²) in [5.41, 5.74) is 7.49. The van der Waals surface area contributed by atoms with Crippen molar-refractivity contribution in [3.05, 3.63) is 124 Å². The van der Waals surface area contributed by atoms with E-state index in [2.05, 4.69) is 22.6 Å². The van der Waals surface area contributed by atoms with E-state index in [1.807, 2.05) is 47.5 Å². The third-order valence-corrected chi connectivity index (χ3v) is 9.42. The van der Waals surface area contributed by atoms with Crippen molar-refractivity contribution in [2.75, 3.05) is 32.6 Å². The highest BCUT2D eigenvalue weighted by atomic mass is 35.5. The van der Waals surface area contributed by atoms with Gasteiger partial charge in [0.25, 0.3) is 0 Å². The Morgan fingerprint density at radius 3 is 2.56 bits per heavy atom. The van der Waals surface area contributed by atoms with Crippen molar-refractivity contribution in [1.29, 1.82) is 0 Å². The predicted molar refractivity (Wildman–Crippen MR) is 173 cm³/mol. The second-order valence-electron chi connectivity index (χ2n) is 10.3. The molecule has 6 nitrogen and oxygen atoms in total. The molecule has 0 aliphatic carbocycles. The van der Waals surface area contributed by atoms with Crippen LogP contribution in [0.3, 0.4) is 0 Å². The van der Waals surface area contributed by atoms with E-state index in [9.17, 15) is 12.8 Å². The molecule has 9 heteroatoms. The van der Waals surface area contributed by atoms with Crippen LogP contribution in [0.5, 0.6) is 0 Å². The number of aromatic amines is 1. The van der Waals surface area contributed by atoms with Crippen molar-refractivity contribution in [2.24, 2.45) is 0 Å². The zero-order valence-electron chi connectivity index (χ0n) is 23.9. The molecule has 222 valence electrons. The molecule has 0 saturated carbocycles. The van der Waals surface area contributed by atoms with Crippen LogP contribution in [0.4, 0.5) is 4.39 Å². The van der Waals surface area contributed by atoms with Crippen LogP contribution in [0.2, 0.25) is 5.02 Å². The summed E-state index contributed by atoms with van der Waals surface area (Å²) in [6.07, 6.45) is 12.1. The fourth-order valence-electron chi connectivity index (χ4n) is 5.25. The molecule has 1 aliphatic heterocycles. The Hall–Kier alpha value is -3.98. The second kappa shape index (κ2) is 13.5. The van der Waals surface area contributed by atoms with Crippen LogP contribution in [0, 0.1) is 5.82 Å². The SMILES string of the molecule is C=CCS(=O)(=O)C(=Cc1ccc(CCOC)cc1)N1CC=C(c2c[nH]c(-c3ccc(F)c(Cl)c3)c2-c2ccncc2)CC1. The third kappa shape index (κ3) is 6.99. The molecule has 5 rings (SSSR count). The van der Waals surface area contributed by atoms with Gasteiger partial charge in [-0.1, -0.05) is 48.0 Å². The lowest BCUT2D eigenvalue weighted by Gasteiger charge is -2.30. The van der Waals surface area contributed by atoms with Gasteiger partial charge in [0, 0.05) is 55.5 Å². The molecular weight excluding hydrogens is 585 g/mol. The monoisotopic (exact) mass is 617 g/mol. The Morgan fingerprint density at radius 2 is 1.91 bits per heavy atom. The van der Waals surface area contributed by atoms with Crippen LogP contribution in [-0.2, 0) is 21.0 Å². The van der Waals surface area contributed by atoms with E-state index in [0.717, 1.165) is 51.1 Å². The number of ether oxygens (including phenoxy) is 1. The summed E-state index contributed by atoms with van der Waals surface area (Å²) >= 11 is 6.13. The summed E-state index contributed by atoms with van der Waals surface area (Å²) in [6.45, 7) is 5.22. The van der Waals surface area contributed by atoms with E-state index >= 15 is 0 Å². The minimum atomic E-state index is -3.60. The largest absolute Gasteiger partial charge is 0.384 e. The van der Waals surface area contributed by atoms with E-state index in [1.54, 1.807) is 37.7 Å². The van der Waals surface area contributed by atoms with Crippen molar-refractivity contribution in [1.82, 2.24) is 14.9 Å². The smallest absolute Gasteiger partial charge is 0.197 e. The van der Waals surface area contributed by atoms with Gasteiger partial charge < -0.3 is 14.6 Å². The Balaban J connectivity index is 1.49. The second-order valence-corrected chi connectivity index (χ2v) is 12.7. The van der Waals surface area contributed by atoms with Crippen LogP contribution in [0.25, 0.3) is 34.0 Å². The van der Waals surface area contributed by atoms with Crippen molar-refractivity contribution in [3.8, 4) is 22.4 Å². The van der Waals surface area contributed by atoms with Gasteiger partial charge in [0.1, 0.15) is 10.8 Å². The van der Waals surface area contributed by atoms with Crippen LogP contribution in [0.1, 0.15) is 23.1 Å². The van der Waals surface area contributed by atoms with Gasteiger partial charge in [0.2, 0.25) is 0 Å². The average molecular weight is 618 g/mol. The first kappa shape index (κ1) is 30.5. The molecule has 4 aromatic rings. The zero-order chi connectivity index (χ0) is 30.4. The average Bonchev–Trinajstić information content (AvgIpc) is 3.46. The number of hydrogen-bond donors (Lipinski definition) is 1. The van der Waals surface area contributed by atoms with E-state index < -0.39 is 15.7 Å². The Labute approximate surface area is 257 Å². The molecule has 0 radical (unpaired) electrons. The summed E-state index contributed by atoms with van der Waals surface area (Å²) in [5.74, 6) is -0.624. The van der Waals surface area contributed by atoms with Crippen molar-refractivity contribution in [2.45, 2.75) is 12.8 Å². The highest BCUT2D eigenvalue weighted by Gasteiger charge is 2.26. The quantitative estimate of drug-likeness (QED) is 0.177. The Bertz CT molecular complexity index is 1760. The van der Waals surface area contributed by atoms with Crippen LogP contribution < -0.4 is 0 Å². The number of methoxy groups -OCH3 is 1. The number of sulfone groups is 1. The summed E-state index contributed by atoms with van der Waals surface area (Å²) < 4.78 is 45.9. The number of pyridine rings is 1. The number of nitrogens with one attached hydrogen (secondary N) is 1. The molecule has 0 atom stereocenters. The molecule has 3 heterocycles. The van der Waals surface area contributed by atoms with Gasteiger partial charge in [0.15, 0.2) is 9.84 Å². The molecule has 1 N–H and O–H groups in total. The highest BCUT2D eigenvalue weighted by Crippen LogP contribution is 2.40. The van der Waals surface area contributed by atoms with Gasteiger partial charge in [-0.3, -0.25) is 4.98 Å². The summed E-state index contributed by atoms with van der Waals surface area (Å²) in [4.78, 5) is 9.45. The summed E-state index contributed by atoms with van der Waals surface area (Å²) in [6, 6.07) is 16.4. The van der Waals surface area contributed by atoms with Gasteiger partial charge in [-0.25, -0.2) is 12.8 Å². The third-order valence-electron chi connectivity index (χ3n) is 7.44. The Morgan fingerprint density at radius 1 is 1.14 bits per heavy atom. The molecule has 2 aromatic heterocycles. The standard InChI is InChI=1S/C34H33ClFN3O3S/c1-3-20-43(40,41)32(21-25-6-4-24(5-7-25)14-19-42-2)39-17-12-26(13-18-39)29-23-38-34(28-8-9-31(36)30(35)22-28)33(29)27-10-15-37-16-11-27/h3-12,15-16,21-23,38H,1,13-14,17-20H2,2H3. The lowest BCUT2D eigenvalue weighted by molar-refractivity contribution is 0.202. The number of benzene rings is 2. The number of rotatable bonds is 11. The van der Waals surface area contributed by atoms with E-state index in [1.165, 1.54) is 12.1 Å². The topological polar surface area (TPSA) is 75.3 Å².